The number of benzene rings is 1. The van der Waals surface area contributed by atoms with E-state index in [1.807, 2.05) is 29.2 Å². The fourth-order valence-corrected chi connectivity index (χ4v) is 3.75. The van der Waals surface area contributed by atoms with E-state index in [1.165, 1.54) is 5.56 Å². The third-order valence-electron chi connectivity index (χ3n) is 4.58. The number of para-hydroxylation sites is 1. The predicted molar refractivity (Wildman–Crippen MR) is 78.8 cm³/mol. The van der Waals surface area contributed by atoms with Gasteiger partial charge < -0.3 is 14.2 Å². The highest BCUT2D eigenvalue weighted by Crippen LogP contribution is 2.49. The molecule has 2 aliphatic heterocycles. The first-order valence-corrected chi connectivity index (χ1v) is 7.37. The van der Waals surface area contributed by atoms with Crippen LogP contribution in [0.4, 0.5) is 0 Å². The SMILES string of the molecule is N#CN1CCCC2(C1)Oc1ccccc1C2n1cccc1. The maximum absolute atomic E-state index is 9.28. The van der Waals surface area contributed by atoms with E-state index in [0.29, 0.717) is 6.54 Å². The first-order chi connectivity index (χ1) is 10.3. The van der Waals surface area contributed by atoms with E-state index in [2.05, 4.69) is 35.3 Å². The minimum absolute atomic E-state index is 0.139. The minimum atomic E-state index is -0.337. The van der Waals surface area contributed by atoms with Crippen molar-refractivity contribution in [1.29, 1.82) is 5.26 Å². The van der Waals surface area contributed by atoms with Gasteiger partial charge in [0.1, 0.15) is 11.8 Å². The Bertz CT molecular complexity index is 688. The molecular weight excluding hydrogens is 262 g/mol. The number of fused-ring (bicyclic) bond motifs is 1. The number of ether oxygens (including phenoxy) is 1. The number of piperidine rings is 1. The van der Waals surface area contributed by atoms with Gasteiger partial charge in [0.15, 0.2) is 11.8 Å². The molecular formula is C17H17N3O. The van der Waals surface area contributed by atoms with Crippen molar-refractivity contribution in [2.75, 3.05) is 13.1 Å². The fraction of sp³-hybridized carbons (Fsp3) is 0.353. The van der Waals surface area contributed by atoms with E-state index in [9.17, 15) is 5.26 Å². The second-order valence-corrected chi connectivity index (χ2v) is 5.86. The van der Waals surface area contributed by atoms with Gasteiger partial charge in [-0.1, -0.05) is 18.2 Å². The van der Waals surface area contributed by atoms with E-state index < -0.39 is 0 Å². The summed E-state index contributed by atoms with van der Waals surface area (Å²) in [6.45, 7) is 1.48. The normalized spacial score (nSPS) is 27.2. The van der Waals surface area contributed by atoms with Crippen LogP contribution in [0.15, 0.2) is 48.8 Å². The van der Waals surface area contributed by atoms with Crippen LogP contribution in [0.1, 0.15) is 24.4 Å². The van der Waals surface area contributed by atoms with Crippen LogP contribution >= 0.6 is 0 Å². The Kier molecular flexibility index (Phi) is 2.68. The van der Waals surface area contributed by atoms with Gasteiger partial charge in [-0.25, -0.2) is 0 Å². The van der Waals surface area contributed by atoms with Crippen LogP contribution in [0, 0.1) is 11.5 Å². The standard InChI is InChI=1S/C17H17N3O/c18-13-19-9-5-8-17(12-19)16(20-10-3-4-11-20)14-6-1-2-7-15(14)21-17/h1-4,6-7,10-11,16H,5,8-9,12H2. The van der Waals surface area contributed by atoms with Crippen molar-refractivity contribution < 1.29 is 4.74 Å². The van der Waals surface area contributed by atoms with Crippen molar-refractivity contribution in [3.8, 4) is 11.9 Å². The molecule has 2 atom stereocenters. The lowest BCUT2D eigenvalue weighted by atomic mass is 9.83. The topological polar surface area (TPSA) is 41.2 Å². The zero-order valence-electron chi connectivity index (χ0n) is 11.8. The average Bonchev–Trinajstić information content (AvgIpc) is 3.12. The number of aromatic nitrogens is 1. The molecule has 1 spiro atoms. The van der Waals surface area contributed by atoms with Gasteiger partial charge >= 0.3 is 0 Å². The maximum Gasteiger partial charge on any atom is 0.179 e. The van der Waals surface area contributed by atoms with Gasteiger partial charge in [-0.05, 0) is 31.0 Å². The zero-order chi connectivity index (χ0) is 14.3. The average molecular weight is 279 g/mol. The molecule has 2 aliphatic rings. The summed E-state index contributed by atoms with van der Waals surface area (Å²) in [6, 6.07) is 12.5. The fourth-order valence-electron chi connectivity index (χ4n) is 3.75. The van der Waals surface area contributed by atoms with Crippen LogP contribution in [0.25, 0.3) is 0 Å². The molecule has 0 aliphatic carbocycles. The van der Waals surface area contributed by atoms with Crippen LogP contribution in [0.5, 0.6) is 5.75 Å². The number of nitriles is 1. The third-order valence-corrected chi connectivity index (χ3v) is 4.58. The molecule has 21 heavy (non-hydrogen) atoms. The first-order valence-electron chi connectivity index (χ1n) is 7.37. The summed E-state index contributed by atoms with van der Waals surface area (Å²) in [6.07, 6.45) is 8.43. The number of rotatable bonds is 1. The molecule has 1 saturated heterocycles. The molecule has 0 N–H and O–H groups in total. The monoisotopic (exact) mass is 279 g/mol. The second-order valence-electron chi connectivity index (χ2n) is 5.86. The smallest absolute Gasteiger partial charge is 0.179 e. The van der Waals surface area contributed by atoms with E-state index in [1.54, 1.807) is 0 Å². The Labute approximate surface area is 124 Å². The number of hydrogen-bond acceptors (Lipinski definition) is 3. The number of likely N-dealkylation sites (tertiary alicyclic amines) is 1. The van der Waals surface area contributed by atoms with Crippen LogP contribution < -0.4 is 4.74 Å². The lowest BCUT2D eigenvalue weighted by molar-refractivity contribution is 0.000191. The van der Waals surface area contributed by atoms with Gasteiger partial charge in [-0.2, -0.15) is 5.26 Å². The van der Waals surface area contributed by atoms with E-state index in [4.69, 9.17) is 4.74 Å². The summed E-state index contributed by atoms with van der Waals surface area (Å²) in [4.78, 5) is 1.83. The summed E-state index contributed by atoms with van der Waals surface area (Å²) < 4.78 is 8.61. The summed E-state index contributed by atoms with van der Waals surface area (Å²) in [5.74, 6) is 0.955. The van der Waals surface area contributed by atoms with Crippen molar-refractivity contribution in [2.24, 2.45) is 0 Å². The van der Waals surface area contributed by atoms with Crippen molar-refractivity contribution >= 4 is 0 Å². The lowest BCUT2D eigenvalue weighted by Crippen LogP contribution is -2.53. The van der Waals surface area contributed by atoms with E-state index >= 15 is 0 Å². The highest BCUT2D eigenvalue weighted by atomic mass is 16.5. The molecule has 106 valence electrons. The molecule has 4 nitrogen and oxygen atoms in total. The summed E-state index contributed by atoms with van der Waals surface area (Å²) in [5, 5.41) is 9.28. The molecule has 0 saturated carbocycles. The molecule has 2 aromatic rings. The van der Waals surface area contributed by atoms with Gasteiger partial charge in [0.05, 0.1) is 6.54 Å². The lowest BCUT2D eigenvalue weighted by Gasteiger charge is -2.41. The molecule has 0 amide bonds. The van der Waals surface area contributed by atoms with Crippen molar-refractivity contribution in [3.05, 3.63) is 54.4 Å². The van der Waals surface area contributed by atoms with Crippen molar-refractivity contribution in [1.82, 2.24) is 9.47 Å². The van der Waals surface area contributed by atoms with Crippen molar-refractivity contribution in [2.45, 2.75) is 24.5 Å². The Balaban J connectivity index is 1.83. The Morgan fingerprint density at radius 1 is 1.19 bits per heavy atom. The molecule has 1 aromatic heterocycles. The second kappa shape index (κ2) is 4.56. The van der Waals surface area contributed by atoms with Gasteiger partial charge in [0, 0.05) is 24.5 Å². The third kappa shape index (κ3) is 1.81. The maximum atomic E-state index is 9.28. The van der Waals surface area contributed by atoms with Crippen LogP contribution in [0.2, 0.25) is 0 Å². The Morgan fingerprint density at radius 2 is 2.00 bits per heavy atom. The summed E-state index contributed by atoms with van der Waals surface area (Å²) >= 11 is 0. The quantitative estimate of drug-likeness (QED) is 0.754. The van der Waals surface area contributed by atoms with Gasteiger partial charge in [-0.15, -0.1) is 0 Å². The van der Waals surface area contributed by atoms with E-state index in [-0.39, 0.29) is 11.6 Å². The molecule has 0 bridgehead atoms. The largest absolute Gasteiger partial charge is 0.482 e. The number of hydrogen-bond donors (Lipinski definition) is 0. The predicted octanol–water partition coefficient (Wildman–Crippen LogP) is 2.79. The van der Waals surface area contributed by atoms with E-state index in [0.717, 1.165) is 25.1 Å². The number of nitrogens with zero attached hydrogens (tertiary/aromatic N) is 3. The van der Waals surface area contributed by atoms with Gasteiger partial charge in [0.2, 0.25) is 0 Å². The Hall–Kier alpha value is -2.41. The molecule has 4 heteroatoms. The van der Waals surface area contributed by atoms with Crippen molar-refractivity contribution in [3.63, 3.8) is 0 Å². The molecule has 4 rings (SSSR count). The first kappa shape index (κ1) is 12.3. The summed E-state index contributed by atoms with van der Waals surface area (Å²) in [7, 11) is 0. The molecule has 3 heterocycles. The molecule has 1 aromatic carbocycles. The molecule has 1 fully saturated rings. The molecule has 2 unspecified atom stereocenters. The minimum Gasteiger partial charge on any atom is -0.482 e. The highest BCUT2D eigenvalue weighted by Gasteiger charge is 2.51. The van der Waals surface area contributed by atoms with Crippen LogP contribution in [0.3, 0.4) is 0 Å². The van der Waals surface area contributed by atoms with Crippen LogP contribution in [-0.2, 0) is 0 Å². The highest BCUT2D eigenvalue weighted by molar-refractivity contribution is 5.44. The van der Waals surface area contributed by atoms with Crippen LogP contribution in [-0.4, -0.2) is 28.2 Å². The van der Waals surface area contributed by atoms with Gasteiger partial charge in [-0.3, -0.25) is 0 Å². The summed E-state index contributed by atoms with van der Waals surface area (Å²) in [5.41, 5.74) is 0.880. The Morgan fingerprint density at radius 3 is 2.81 bits per heavy atom. The zero-order valence-corrected chi connectivity index (χ0v) is 11.8. The van der Waals surface area contributed by atoms with Gasteiger partial charge in [0.25, 0.3) is 0 Å². The molecule has 0 radical (unpaired) electrons.